The number of hydrogen-bond donors (Lipinski definition) is 3. The second-order valence-electron chi connectivity index (χ2n) is 9.09. The van der Waals surface area contributed by atoms with Crippen LogP contribution in [0.3, 0.4) is 0 Å². The minimum Gasteiger partial charge on any atom is -0.490 e. The highest BCUT2D eigenvalue weighted by Crippen LogP contribution is 2.26. The van der Waals surface area contributed by atoms with Gasteiger partial charge in [-0.2, -0.15) is 0 Å². The Morgan fingerprint density at radius 1 is 1.12 bits per heavy atom. The van der Waals surface area contributed by atoms with Crippen LogP contribution in [0.4, 0.5) is 10.5 Å². The lowest BCUT2D eigenvalue weighted by atomic mass is 9.98. The number of hydrogen-bond acceptors (Lipinski definition) is 4. The summed E-state index contributed by atoms with van der Waals surface area (Å²) >= 11 is 0. The van der Waals surface area contributed by atoms with E-state index in [1.165, 1.54) is 5.56 Å². The van der Waals surface area contributed by atoms with Gasteiger partial charge in [-0.3, -0.25) is 0 Å². The standard InChI is InChI=1S/C26H37N3O3/c1-18-7-11-23(12-8-18)28-26(31)27-14-22-6-5-13-29(15-22)16-24(30)17-32-25-20(3)10-9-19(2)21(25)4/h7-12,22,24,30H,5-6,13-17H2,1-4H3,(H2,27,28,31). The summed E-state index contributed by atoms with van der Waals surface area (Å²) in [7, 11) is 0. The van der Waals surface area contributed by atoms with Crippen molar-refractivity contribution in [3.63, 3.8) is 0 Å². The van der Waals surface area contributed by atoms with Crippen LogP contribution < -0.4 is 15.4 Å². The van der Waals surface area contributed by atoms with E-state index in [2.05, 4.69) is 41.5 Å². The molecule has 6 nitrogen and oxygen atoms in total. The second kappa shape index (κ2) is 11.3. The Kier molecular flexibility index (Phi) is 8.53. The van der Waals surface area contributed by atoms with Crippen molar-refractivity contribution in [2.24, 2.45) is 5.92 Å². The highest BCUT2D eigenvalue weighted by Gasteiger charge is 2.22. The number of carbonyl (C=O) groups is 1. The number of anilines is 1. The van der Waals surface area contributed by atoms with E-state index >= 15 is 0 Å². The lowest BCUT2D eigenvalue weighted by Gasteiger charge is -2.34. The number of carbonyl (C=O) groups excluding carboxylic acids is 1. The Morgan fingerprint density at radius 2 is 1.84 bits per heavy atom. The highest BCUT2D eigenvalue weighted by molar-refractivity contribution is 5.89. The average Bonchev–Trinajstić information content (AvgIpc) is 2.77. The highest BCUT2D eigenvalue weighted by atomic mass is 16.5. The lowest BCUT2D eigenvalue weighted by molar-refractivity contribution is 0.0517. The van der Waals surface area contributed by atoms with Gasteiger partial charge in [0.1, 0.15) is 18.5 Å². The van der Waals surface area contributed by atoms with Crippen molar-refractivity contribution in [2.45, 2.75) is 46.6 Å². The van der Waals surface area contributed by atoms with Crippen LogP contribution in [0, 0.1) is 33.6 Å². The van der Waals surface area contributed by atoms with Gasteiger partial charge in [-0.25, -0.2) is 4.79 Å². The number of aliphatic hydroxyl groups is 1. The topological polar surface area (TPSA) is 73.8 Å². The Bertz CT molecular complexity index is 898. The molecule has 3 N–H and O–H groups in total. The van der Waals surface area contributed by atoms with Gasteiger partial charge in [-0.05, 0) is 81.8 Å². The minimum atomic E-state index is -0.550. The molecule has 174 valence electrons. The predicted octanol–water partition coefficient (Wildman–Crippen LogP) is 4.19. The number of likely N-dealkylation sites (tertiary alicyclic amines) is 1. The third-order valence-electron chi connectivity index (χ3n) is 6.23. The van der Waals surface area contributed by atoms with Gasteiger partial charge < -0.3 is 25.4 Å². The summed E-state index contributed by atoms with van der Waals surface area (Å²) in [5.74, 6) is 1.26. The maximum Gasteiger partial charge on any atom is 0.319 e. The van der Waals surface area contributed by atoms with E-state index in [9.17, 15) is 9.90 Å². The fourth-order valence-corrected chi connectivity index (χ4v) is 4.21. The van der Waals surface area contributed by atoms with Gasteiger partial charge in [0, 0.05) is 25.3 Å². The van der Waals surface area contributed by atoms with Crippen molar-refractivity contribution >= 4 is 11.7 Å². The molecule has 2 aromatic rings. The van der Waals surface area contributed by atoms with E-state index in [1.54, 1.807) is 0 Å². The summed E-state index contributed by atoms with van der Waals surface area (Å²) in [5, 5.41) is 16.4. The molecular formula is C26H37N3O3. The molecule has 1 aliphatic rings. The van der Waals surface area contributed by atoms with Gasteiger partial charge in [0.25, 0.3) is 0 Å². The first-order valence-corrected chi connectivity index (χ1v) is 11.5. The zero-order chi connectivity index (χ0) is 23.1. The maximum atomic E-state index is 12.2. The molecule has 2 amide bonds. The van der Waals surface area contributed by atoms with Crippen LogP contribution in [-0.4, -0.2) is 54.9 Å². The summed E-state index contributed by atoms with van der Waals surface area (Å²) in [5.41, 5.74) is 5.37. The van der Waals surface area contributed by atoms with Crippen molar-refractivity contribution in [1.82, 2.24) is 10.2 Å². The molecule has 6 heteroatoms. The normalized spacial score (nSPS) is 17.6. The van der Waals surface area contributed by atoms with Crippen LogP contribution in [0.2, 0.25) is 0 Å². The van der Waals surface area contributed by atoms with E-state index in [4.69, 9.17) is 4.74 Å². The monoisotopic (exact) mass is 439 g/mol. The number of β-amino-alcohol motifs (C(OH)–C–C–N with tert-alkyl or cyclic N) is 1. The second-order valence-corrected chi connectivity index (χ2v) is 9.09. The predicted molar refractivity (Wildman–Crippen MR) is 130 cm³/mol. The number of nitrogens with zero attached hydrogens (tertiary/aromatic N) is 1. The van der Waals surface area contributed by atoms with E-state index in [0.717, 1.165) is 54.1 Å². The van der Waals surface area contributed by atoms with Crippen LogP contribution in [0.25, 0.3) is 0 Å². The van der Waals surface area contributed by atoms with Crippen molar-refractivity contribution < 1.29 is 14.6 Å². The molecule has 0 saturated carbocycles. The van der Waals surface area contributed by atoms with E-state index in [-0.39, 0.29) is 12.6 Å². The number of urea groups is 1. The Morgan fingerprint density at radius 3 is 2.59 bits per heavy atom. The quantitative estimate of drug-likeness (QED) is 0.577. The third kappa shape index (κ3) is 6.97. The third-order valence-corrected chi connectivity index (χ3v) is 6.23. The van der Waals surface area contributed by atoms with E-state index in [0.29, 0.717) is 19.0 Å². The van der Waals surface area contributed by atoms with Crippen LogP contribution in [0.15, 0.2) is 36.4 Å². The van der Waals surface area contributed by atoms with E-state index < -0.39 is 6.10 Å². The molecule has 0 radical (unpaired) electrons. The SMILES string of the molecule is Cc1ccc(NC(=O)NCC2CCCN(CC(O)COc3c(C)ccc(C)c3C)C2)cc1. The van der Waals surface area contributed by atoms with Crippen LogP contribution in [0.1, 0.15) is 35.1 Å². The number of benzene rings is 2. The van der Waals surface area contributed by atoms with Gasteiger partial charge in [0.2, 0.25) is 0 Å². The van der Waals surface area contributed by atoms with Crippen molar-refractivity contribution in [2.75, 3.05) is 38.1 Å². The number of rotatable bonds is 8. The molecule has 3 rings (SSSR count). The summed E-state index contributed by atoms with van der Waals surface area (Å²) in [4.78, 5) is 14.5. The Labute approximate surface area is 192 Å². The van der Waals surface area contributed by atoms with Gasteiger partial charge in [0.05, 0.1) is 0 Å². The number of piperidine rings is 1. The fraction of sp³-hybridized carbons (Fsp3) is 0.500. The number of nitrogens with one attached hydrogen (secondary N) is 2. The molecule has 0 aromatic heterocycles. The first kappa shape index (κ1) is 24.1. The molecule has 1 fully saturated rings. The first-order chi connectivity index (χ1) is 15.3. The van der Waals surface area contributed by atoms with Gasteiger partial charge >= 0.3 is 6.03 Å². The maximum absolute atomic E-state index is 12.2. The van der Waals surface area contributed by atoms with Crippen molar-refractivity contribution in [3.8, 4) is 5.75 Å². The van der Waals surface area contributed by atoms with Crippen LogP contribution in [0.5, 0.6) is 5.75 Å². The fourth-order valence-electron chi connectivity index (χ4n) is 4.21. The Hall–Kier alpha value is -2.57. The molecule has 0 spiro atoms. The number of aliphatic hydroxyl groups excluding tert-OH is 1. The summed E-state index contributed by atoms with van der Waals surface area (Å²) in [6.07, 6.45) is 1.59. The van der Waals surface area contributed by atoms with Gasteiger partial charge in [-0.1, -0.05) is 29.8 Å². The summed E-state index contributed by atoms with van der Waals surface area (Å²) in [6.45, 7) is 11.5. The van der Waals surface area contributed by atoms with Gasteiger partial charge in [0.15, 0.2) is 0 Å². The smallest absolute Gasteiger partial charge is 0.319 e. The minimum absolute atomic E-state index is 0.177. The average molecular weight is 440 g/mol. The van der Waals surface area contributed by atoms with Crippen LogP contribution >= 0.6 is 0 Å². The molecule has 1 heterocycles. The zero-order valence-electron chi connectivity index (χ0n) is 19.8. The molecule has 1 aliphatic heterocycles. The van der Waals surface area contributed by atoms with Crippen molar-refractivity contribution in [3.05, 3.63) is 58.7 Å². The first-order valence-electron chi connectivity index (χ1n) is 11.5. The van der Waals surface area contributed by atoms with Gasteiger partial charge in [-0.15, -0.1) is 0 Å². The van der Waals surface area contributed by atoms with Crippen molar-refractivity contribution in [1.29, 1.82) is 0 Å². The molecule has 2 unspecified atom stereocenters. The molecule has 0 bridgehead atoms. The molecular weight excluding hydrogens is 402 g/mol. The van der Waals surface area contributed by atoms with Crippen LogP contribution in [-0.2, 0) is 0 Å². The Balaban J connectivity index is 1.41. The summed E-state index contributed by atoms with van der Waals surface area (Å²) < 4.78 is 5.98. The number of ether oxygens (including phenoxy) is 1. The molecule has 1 saturated heterocycles. The summed E-state index contributed by atoms with van der Waals surface area (Å²) in [6, 6.07) is 11.7. The lowest BCUT2D eigenvalue weighted by Crippen LogP contribution is -2.45. The molecule has 0 aliphatic carbocycles. The number of amides is 2. The number of aryl methyl sites for hydroxylation is 3. The molecule has 2 aromatic carbocycles. The largest absolute Gasteiger partial charge is 0.490 e. The van der Waals surface area contributed by atoms with E-state index in [1.807, 2.05) is 38.1 Å². The molecule has 32 heavy (non-hydrogen) atoms. The molecule has 2 atom stereocenters. The zero-order valence-corrected chi connectivity index (χ0v) is 19.8.